The number of nitrogens with one attached hydrogen (secondary N) is 1. The van der Waals surface area contributed by atoms with Gasteiger partial charge >= 0.3 is 0 Å². The first kappa shape index (κ1) is 18.7. The van der Waals surface area contributed by atoms with E-state index < -0.39 is 0 Å². The Bertz CT molecular complexity index is 756. The third-order valence-electron chi connectivity index (χ3n) is 5.28. The Labute approximate surface area is 157 Å². The number of nitrogens with zero attached hydrogens (tertiary/aromatic N) is 1. The van der Waals surface area contributed by atoms with Crippen LogP contribution in [0.4, 0.5) is 5.69 Å². The van der Waals surface area contributed by atoms with Crippen molar-refractivity contribution in [2.75, 3.05) is 18.4 Å². The van der Waals surface area contributed by atoms with Crippen molar-refractivity contribution in [2.45, 2.75) is 47.1 Å². The normalized spacial score (nSPS) is 17.9. The van der Waals surface area contributed by atoms with Crippen LogP contribution in [0.3, 0.4) is 0 Å². The number of hydrogen-bond acceptors (Lipinski definition) is 2. The second kappa shape index (κ2) is 8.05. The molecule has 3 nitrogen and oxygen atoms in total. The summed E-state index contributed by atoms with van der Waals surface area (Å²) in [6, 6.07) is 12.3. The second-order valence-corrected chi connectivity index (χ2v) is 7.91. The molecule has 1 saturated heterocycles. The van der Waals surface area contributed by atoms with Crippen molar-refractivity contribution in [2.24, 2.45) is 5.92 Å². The lowest BCUT2D eigenvalue weighted by Crippen LogP contribution is -2.33. The molecular formula is C23H30N2O. The third-order valence-corrected chi connectivity index (χ3v) is 5.28. The lowest BCUT2D eigenvalue weighted by Gasteiger charge is -2.30. The fourth-order valence-electron chi connectivity index (χ4n) is 4.01. The molecule has 1 unspecified atom stereocenters. The minimum Gasteiger partial charge on any atom is -0.322 e. The number of rotatable bonds is 4. The molecule has 1 aliphatic heterocycles. The largest absolute Gasteiger partial charge is 0.322 e. The maximum Gasteiger partial charge on any atom is 0.255 e. The number of aryl methyl sites for hydroxylation is 3. The molecule has 138 valence electrons. The zero-order valence-electron chi connectivity index (χ0n) is 16.4. The lowest BCUT2D eigenvalue weighted by molar-refractivity contribution is 0.102. The third kappa shape index (κ3) is 4.53. The summed E-state index contributed by atoms with van der Waals surface area (Å²) in [5.74, 6) is 0.744. The first-order valence-corrected chi connectivity index (χ1v) is 9.63. The van der Waals surface area contributed by atoms with E-state index in [0.29, 0.717) is 5.56 Å². The molecular weight excluding hydrogens is 320 g/mol. The average Bonchev–Trinajstić information content (AvgIpc) is 2.58. The number of amides is 1. The van der Waals surface area contributed by atoms with Crippen molar-refractivity contribution < 1.29 is 4.79 Å². The van der Waals surface area contributed by atoms with Gasteiger partial charge in [0.05, 0.1) is 0 Å². The maximum absolute atomic E-state index is 12.6. The first-order chi connectivity index (χ1) is 12.4. The van der Waals surface area contributed by atoms with Crippen molar-refractivity contribution >= 4 is 11.6 Å². The van der Waals surface area contributed by atoms with E-state index in [1.165, 1.54) is 37.1 Å². The van der Waals surface area contributed by atoms with Crippen molar-refractivity contribution in [1.82, 2.24) is 4.90 Å². The molecule has 1 N–H and O–H groups in total. The van der Waals surface area contributed by atoms with Gasteiger partial charge in [0.2, 0.25) is 0 Å². The first-order valence-electron chi connectivity index (χ1n) is 9.63. The zero-order valence-corrected chi connectivity index (χ0v) is 16.4. The maximum atomic E-state index is 12.6. The molecule has 1 aliphatic rings. The molecule has 0 radical (unpaired) electrons. The summed E-state index contributed by atoms with van der Waals surface area (Å²) in [5.41, 5.74) is 6.33. The van der Waals surface area contributed by atoms with Gasteiger partial charge in [-0.05, 0) is 74.9 Å². The van der Waals surface area contributed by atoms with Gasteiger partial charge in [-0.2, -0.15) is 0 Å². The second-order valence-electron chi connectivity index (χ2n) is 7.91. The highest BCUT2D eigenvalue weighted by Crippen LogP contribution is 2.23. The fraction of sp³-hybridized carbons (Fsp3) is 0.435. The molecule has 1 amide bonds. The molecule has 26 heavy (non-hydrogen) atoms. The quantitative estimate of drug-likeness (QED) is 0.832. The van der Waals surface area contributed by atoms with Crippen LogP contribution < -0.4 is 5.32 Å². The predicted octanol–water partition coefficient (Wildman–Crippen LogP) is 5.10. The van der Waals surface area contributed by atoms with Gasteiger partial charge in [0.1, 0.15) is 0 Å². The minimum absolute atomic E-state index is 0.0433. The van der Waals surface area contributed by atoms with E-state index >= 15 is 0 Å². The van der Waals surface area contributed by atoms with Gasteiger partial charge in [0.25, 0.3) is 5.91 Å². The highest BCUT2D eigenvalue weighted by molar-refractivity contribution is 6.05. The zero-order chi connectivity index (χ0) is 18.7. The Morgan fingerprint density at radius 3 is 2.38 bits per heavy atom. The van der Waals surface area contributed by atoms with E-state index in [4.69, 9.17) is 0 Å². The van der Waals surface area contributed by atoms with Gasteiger partial charge in [-0.15, -0.1) is 0 Å². The highest BCUT2D eigenvalue weighted by Gasteiger charge is 2.16. The van der Waals surface area contributed by atoms with E-state index in [1.807, 2.05) is 26.0 Å². The molecule has 1 atom stereocenters. The molecule has 1 fully saturated rings. The number of benzene rings is 2. The Balaban J connectivity index is 1.65. The van der Waals surface area contributed by atoms with Crippen molar-refractivity contribution in [3.8, 4) is 0 Å². The van der Waals surface area contributed by atoms with Crippen molar-refractivity contribution in [3.05, 3.63) is 64.2 Å². The average molecular weight is 351 g/mol. The molecule has 0 aliphatic carbocycles. The number of hydrogen-bond donors (Lipinski definition) is 1. The number of likely N-dealkylation sites (tertiary alicyclic amines) is 1. The Morgan fingerprint density at radius 1 is 1.12 bits per heavy atom. The van der Waals surface area contributed by atoms with E-state index in [9.17, 15) is 4.79 Å². The molecule has 2 aromatic carbocycles. The minimum atomic E-state index is -0.0433. The number of carbonyl (C=O) groups excluding carboxylic acids is 1. The Hall–Kier alpha value is -2.13. The Morgan fingerprint density at radius 2 is 1.77 bits per heavy atom. The van der Waals surface area contributed by atoms with E-state index in [2.05, 4.69) is 48.3 Å². The summed E-state index contributed by atoms with van der Waals surface area (Å²) < 4.78 is 0. The van der Waals surface area contributed by atoms with Gasteiger partial charge in [0, 0.05) is 24.3 Å². The van der Waals surface area contributed by atoms with Crippen LogP contribution in [0.2, 0.25) is 0 Å². The van der Waals surface area contributed by atoms with Crippen LogP contribution >= 0.6 is 0 Å². The summed E-state index contributed by atoms with van der Waals surface area (Å²) in [6.07, 6.45) is 2.63. The molecule has 0 bridgehead atoms. The van der Waals surface area contributed by atoms with Crippen LogP contribution in [0.5, 0.6) is 0 Å². The van der Waals surface area contributed by atoms with Crippen LogP contribution in [0.1, 0.15) is 52.4 Å². The lowest BCUT2D eigenvalue weighted by atomic mass is 9.99. The van der Waals surface area contributed by atoms with Gasteiger partial charge in [-0.3, -0.25) is 9.69 Å². The molecule has 2 aromatic rings. The predicted molar refractivity (Wildman–Crippen MR) is 109 cm³/mol. The molecule has 0 spiro atoms. The topological polar surface area (TPSA) is 32.3 Å². The van der Waals surface area contributed by atoms with Gasteiger partial charge in [0.15, 0.2) is 0 Å². The molecule has 0 aromatic heterocycles. The number of carbonyl (C=O) groups is 1. The van der Waals surface area contributed by atoms with Crippen LogP contribution in [-0.4, -0.2) is 23.9 Å². The van der Waals surface area contributed by atoms with E-state index in [1.54, 1.807) is 0 Å². The fourth-order valence-corrected chi connectivity index (χ4v) is 4.01. The number of piperidine rings is 1. The van der Waals surface area contributed by atoms with Gasteiger partial charge in [-0.25, -0.2) is 0 Å². The summed E-state index contributed by atoms with van der Waals surface area (Å²) in [6.45, 7) is 11.8. The van der Waals surface area contributed by atoms with Crippen molar-refractivity contribution in [1.29, 1.82) is 0 Å². The SMILES string of the molecule is Cc1cc(C)c(NC(=O)c2ccc(CN3CCCC(C)C3)cc2)c(C)c1. The standard InChI is InChI=1S/C23H30N2O/c1-16-6-5-11-25(14-16)15-20-7-9-21(10-8-20)23(26)24-22-18(3)12-17(2)13-19(22)4/h7-10,12-13,16H,5-6,11,14-15H2,1-4H3,(H,24,26). The van der Waals surface area contributed by atoms with Crippen LogP contribution in [0.15, 0.2) is 36.4 Å². The molecule has 0 saturated carbocycles. The van der Waals surface area contributed by atoms with Crippen LogP contribution in [0.25, 0.3) is 0 Å². The Kier molecular flexibility index (Phi) is 5.77. The smallest absolute Gasteiger partial charge is 0.255 e. The van der Waals surface area contributed by atoms with Crippen LogP contribution in [0, 0.1) is 26.7 Å². The molecule has 1 heterocycles. The summed E-state index contributed by atoms with van der Waals surface area (Å²) >= 11 is 0. The van der Waals surface area contributed by atoms with Gasteiger partial charge < -0.3 is 5.32 Å². The van der Waals surface area contributed by atoms with E-state index in [0.717, 1.165) is 29.3 Å². The molecule has 3 rings (SSSR count). The van der Waals surface area contributed by atoms with Crippen LogP contribution in [-0.2, 0) is 6.54 Å². The highest BCUT2D eigenvalue weighted by atomic mass is 16.1. The molecule has 3 heteroatoms. The summed E-state index contributed by atoms with van der Waals surface area (Å²) in [4.78, 5) is 15.1. The monoisotopic (exact) mass is 350 g/mol. The van der Waals surface area contributed by atoms with E-state index in [-0.39, 0.29) is 5.91 Å². The summed E-state index contributed by atoms with van der Waals surface area (Å²) in [7, 11) is 0. The number of anilines is 1. The van der Waals surface area contributed by atoms with Gasteiger partial charge in [-0.1, -0.05) is 36.8 Å². The summed E-state index contributed by atoms with van der Waals surface area (Å²) in [5, 5.41) is 3.08. The van der Waals surface area contributed by atoms with Crippen molar-refractivity contribution in [3.63, 3.8) is 0 Å².